The number of hydrogen-bond acceptors (Lipinski definition) is 5. The van der Waals surface area contributed by atoms with E-state index in [1.54, 1.807) is 35.3 Å². The molecule has 4 aromatic rings. The molecule has 164 valence electrons. The lowest BCUT2D eigenvalue weighted by Crippen LogP contribution is -2.18. The summed E-state index contributed by atoms with van der Waals surface area (Å²) in [6.07, 6.45) is 3.27. The first-order valence-corrected chi connectivity index (χ1v) is 11.2. The molecule has 0 amide bonds. The summed E-state index contributed by atoms with van der Waals surface area (Å²) in [7, 11) is 1.31. The number of anilines is 2. The Hall–Kier alpha value is -2.72. The van der Waals surface area contributed by atoms with Crippen molar-refractivity contribution < 1.29 is 13.9 Å². The van der Waals surface area contributed by atoms with Gasteiger partial charge in [0, 0.05) is 32.6 Å². The van der Waals surface area contributed by atoms with Gasteiger partial charge in [0.1, 0.15) is 10.7 Å². The van der Waals surface area contributed by atoms with E-state index in [0.29, 0.717) is 31.3 Å². The quantitative estimate of drug-likeness (QED) is 0.247. The molecule has 0 aliphatic heterocycles. The number of fused-ring (bicyclic) bond motifs is 1. The Balaban J connectivity index is 1.44. The largest absolute Gasteiger partial charge is 0.465 e. The number of thiocarbonyl (C=S) groups is 1. The van der Waals surface area contributed by atoms with E-state index in [0.717, 1.165) is 15.8 Å². The van der Waals surface area contributed by atoms with Crippen molar-refractivity contribution in [1.82, 2.24) is 9.78 Å². The van der Waals surface area contributed by atoms with Crippen LogP contribution < -0.4 is 10.6 Å². The molecule has 2 N–H and O–H groups in total. The predicted octanol–water partition coefficient (Wildman–Crippen LogP) is 6.19. The second kappa shape index (κ2) is 9.41. The van der Waals surface area contributed by atoms with Gasteiger partial charge in [0.05, 0.1) is 30.6 Å². The fraction of sp³-hybridized carbons (Fsp3) is 0.0952. The van der Waals surface area contributed by atoms with Crippen LogP contribution in [0.1, 0.15) is 15.2 Å². The van der Waals surface area contributed by atoms with Gasteiger partial charge in [0.15, 0.2) is 5.11 Å². The number of esters is 1. The van der Waals surface area contributed by atoms with E-state index >= 15 is 0 Å². The highest BCUT2D eigenvalue weighted by Crippen LogP contribution is 2.37. The van der Waals surface area contributed by atoms with Crippen molar-refractivity contribution in [2.75, 3.05) is 17.7 Å². The lowest BCUT2D eigenvalue weighted by molar-refractivity contribution is 0.0606. The summed E-state index contributed by atoms with van der Waals surface area (Å²) in [4.78, 5) is 12.2. The molecule has 0 bridgehead atoms. The maximum absolute atomic E-state index is 14.0. The average molecular weight is 509 g/mol. The maximum atomic E-state index is 14.0. The molecule has 4 rings (SSSR count). The molecule has 0 atom stereocenters. The van der Waals surface area contributed by atoms with Crippen molar-refractivity contribution >= 4 is 79.3 Å². The highest BCUT2D eigenvalue weighted by Gasteiger charge is 2.18. The normalized spacial score (nSPS) is 10.9. The van der Waals surface area contributed by atoms with Crippen LogP contribution in [0.4, 0.5) is 15.8 Å². The lowest BCUT2D eigenvalue weighted by Gasteiger charge is -2.09. The number of aromatic nitrogens is 2. The molecule has 0 saturated heterocycles. The van der Waals surface area contributed by atoms with Gasteiger partial charge in [-0.15, -0.1) is 11.3 Å². The lowest BCUT2D eigenvalue weighted by atomic mass is 10.2. The second-order valence-electron chi connectivity index (χ2n) is 6.65. The third kappa shape index (κ3) is 4.71. The summed E-state index contributed by atoms with van der Waals surface area (Å²) in [5, 5.41) is 12.1. The van der Waals surface area contributed by atoms with Gasteiger partial charge in [-0.1, -0.05) is 29.3 Å². The first kappa shape index (κ1) is 22.5. The van der Waals surface area contributed by atoms with Crippen LogP contribution in [0.5, 0.6) is 0 Å². The zero-order valence-electron chi connectivity index (χ0n) is 16.5. The number of benzene rings is 2. The monoisotopic (exact) mass is 508 g/mol. The Labute approximate surface area is 201 Å². The van der Waals surface area contributed by atoms with Gasteiger partial charge in [-0.3, -0.25) is 4.68 Å². The second-order valence-corrected chi connectivity index (χ2v) is 8.90. The van der Waals surface area contributed by atoms with Gasteiger partial charge in [-0.2, -0.15) is 5.10 Å². The van der Waals surface area contributed by atoms with Crippen LogP contribution in [0.15, 0.2) is 48.8 Å². The predicted molar refractivity (Wildman–Crippen MR) is 131 cm³/mol. The van der Waals surface area contributed by atoms with E-state index < -0.39 is 5.97 Å². The fourth-order valence-corrected chi connectivity index (χ4v) is 4.94. The highest BCUT2D eigenvalue weighted by atomic mass is 35.5. The number of carbonyl (C=O) groups excluding carboxylic acids is 1. The summed E-state index contributed by atoms with van der Waals surface area (Å²) in [5.41, 5.74) is 1.71. The molecule has 0 unspecified atom stereocenters. The van der Waals surface area contributed by atoms with Crippen molar-refractivity contribution in [2.24, 2.45) is 0 Å². The SMILES string of the molecule is COC(=O)c1sc2cc(NC(=S)Nc3cnn(Cc4c(F)cccc4Cl)c3)ccc2c1Cl. The van der Waals surface area contributed by atoms with Crippen molar-refractivity contribution in [3.63, 3.8) is 0 Å². The van der Waals surface area contributed by atoms with E-state index in [2.05, 4.69) is 15.7 Å². The number of methoxy groups -OCH3 is 1. The number of hydrogen-bond donors (Lipinski definition) is 2. The molecule has 2 heterocycles. The average Bonchev–Trinajstić information content (AvgIpc) is 3.34. The molecular formula is C21H15Cl2FN4O2S2. The van der Waals surface area contributed by atoms with Crippen LogP contribution in [0.3, 0.4) is 0 Å². The maximum Gasteiger partial charge on any atom is 0.349 e. The third-order valence-electron chi connectivity index (χ3n) is 4.53. The van der Waals surface area contributed by atoms with Crippen LogP contribution in [0.2, 0.25) is 10.0 Å². The van der Waals surface area contributed by atoms with Crippen molar-refractivity contribution in [3.05, 3.63) is 75.1 Å². The summed E-state index contributed by atoms with van der Waals surface area (Å²) in [5.74, 6) is -0.865. The van der Waals surface area contributed by atoms with E-state index in [4.69, 9.17) is 40.2 Å². The Bertz CT molecular complexity index is 1320. The standard InChI is InChI=1S/C21H15Cl2FN4O2S2/c1-30-20(29)19-18(23)13-6-5-11(7-17(13)32-19)26-21(31)27-12-8-25-28(9-12)10-14-15(22)3-2-4-16(14)24/h2-9H,10H2,1H3,(H2,26,27,31). The van der Waals surface area contributed by atoms with Crippen molar-refractivity contribution in [3.8, 4) is 0 Å². The van der Waals surface area contributed by atoms with Crippen molar-refractivity contribution in [2.45, 2.75) is 6.54 Å². The first-order chi connectivity index (χ1) is 15.4. The number of nitrogens with one attached hydrogen (secondary N) is 2. The van der Waals surface area contributed by atoms with Gasteiger partial charge in [0.25, 0.3) is 0 Å². The van der Waals surface area contributed by atoms with E-state index in [1.165, 1.54) is 24.5 Å². The number of rotatable bonds is 5. The van der Waals surface area contributed by atoms with Crippen LogP contribution in [0.25, 0.3) is 10.1 Å². The van der Waals surface area contributed by atoms with Gasteiger partial charge in [-0.05, 0) is 42.5 Å². The Morgan fingerprint density at radius 3 is 2.78 bits per heavy atom. The minimum absolute atomic E-state index is 0.186. The molecule has 0 saturated carbocycles. The van der Waals surface area contributed by atoms with Gasteiger partial charge in [0.2, 0.25) is 0 Å². The third-order valence-corrected chi connectivity index (χ3v) is 6.73. The summed E-state index contributed by atoms with van der Waals surface area (Å²) < 4.78 is 21.1. The van der Waals surface area contributed by atoms with Crippen LogP contribution in [0, 0.1) is 5.82 Å². The topological polar surface area (TPSA) is 68.2 Å². The fourth-order valence-electron chi connectivity index (χ4n) is 3.02. The summed E-state index contributed by atoms with van der Waals surface area (Å²) in [6, 6.07) is 10.00. The highest BCUT2D eigenvalue weighted by molar-refractivity contribution is 7.80. The van der Waals surface area contributed by atoms with Gasteiger partial charge in [-0.25, -0.2) is 9.18 Å². The molecule has 0 fully saturated rings. The Morgan fingerprint density at radius 2 is 2.03 bits per heavy atom. The van der Waals surface area contributed by atoms with Crippen molar-refractivity contribution in [1.29, 1.82) is 0 Å². The molecule has 32 heavy (non-hydrogen) atoms. The number of halogens is 3. The Kier molecular flexibility index (Phi) is 6.61. The van der Waals surface area contributed by atoms with Crippen LogP contribution >= 0.6 is 46.8 Å². The molecule has 6 nitrogen and oxygen atoms in total. The molecule has 0 aliphatic carbocycles. The first-order valence-electron chi connectivity index (χ1n) is 9.19. The zero-order chi connectivity index (χ0) is 22.8. The molecule has 0 aliphatic rings. The van der Waals surface area contributed by atoms with E-state index in [9.17, 15) is 9.18 Å². The molecule has 11 heteroatoms. The number of ether oxygens (including phenoxy) is 1. The van der Waals surface area contributed by atoms with Gasteiger partial charge >= 0.3 is 5.97 Å². The summed E-state index contributed by atoms with van der Waals surface area (Å²) >= 11 is 19.0. The minimum atomic E-state index is -0.475. The Morgan fingerprint density at radius 1 is 1.25 bits per heavy atom. The zero-order valence-corrected chi connectivity index (χ0v) is 19.6. The van der Waals surface area contributed by atoms with E-state index in [1.807, 2.05) is 12.1 Å². The molecule has 0 radical (unpaired) electrons. The van der Waals surface area contributed by atoms with Crippen LogP contribution in [-0.2, 0) is 11.3 Å². The number of nitrogens with zero attached hydrogens (tertiary/aromatic N) is 2. The number of carbonyl (C=O) groups is 1. The molecule has 0 spiro atoms. The molecular weight excluding hydrogens is 494 g/mol. The van der Waals surface area contributed by atoms with Crippen LogP contribution in [-0.4, -0.2) is 28.0 Å². The smallest absolute Gasteiger partial charge is 0.349 e. The summed E-state index contributed by atoms with van der Waals surface area (Å²) in [6.45, 7) is 0.186. The molecule has 2 aromatic carbocycles. The van der Waals surface area contributed by atoms with E-state index in [-0.39, 0.29) is 12.4 Å². The molecule has 2 aromatic heterocycles. The number of thiophene rings is 1. The van der Waals surface area contributed by atoms with Gasteiger partial charge < -0.3 is 15.4 Å². The minimum Gasteiger partial charge on any atom is -0.465 e.